The molecule has 0 radical (unpaired) electrons. The van der Waals surface area contributed by atoms with Crippen LogP contribution in [0.15, 0.2) is 48.1 Å². The molecule has 0 aromatic heterocycles. The number of rotatable bonds is 1. The Balaban J connectivity index is 0.000000209. The average molecular weight is 504 g/mol. The third-order valence-electron chi connectivity index (χ3n) is 6.07. The molecule has 0 saturated heterocycles. The molecule has 0 nitrogen and oxygen atoms in total. The summed E-state index contributed by atoms with van der Waals surface area (Å²) in [5.41, 5.74) is 7.25. The van der Waals surface area contributed by atoms with Crippen LogP contribution in [0.25, 0.3) is 21.5 Å². The van der Waals surface area contributed by atoms with Crippen LogP contribution in [0, 0.1) is 45.1 Å². The number of benzene rings is 2. The molecule has 1 atom stereocenters. The molecule has 0 N–H and O–H groups in total. The Hall–Kier alpha value is -1.46. The smallest absolute Gasteiger partial charge is 0.0408 e. The quantitative estimate of drug-likeness (QED) is 0.291. The first-order valence-electron chi connectivity index (χ1n) is 11.7. The summed E-state index contributed by atoms with van der Waals surface area (Å²) in [6.45, 7) is 21.9. The summed E-state index contributed by atoms with van der Waals surface area (Å²) in [6, 6.07) is 11.6. The van der Waals surface area contributed by atoms with Gasteiger partial charge >= 0.3 is 41.3 Å². The molecule has 0 amide bonds. The van der Waals surface area contributed by atoms with Crippen molar-refractivity contribution in [2.45, 2.75) is 75.7 Å². The Labute approximate surface area is 211 Å². The number of aryl methyl sites for hydroxylation is 4. The van der Waals surface area contributed by atoms with Crippen molar-refractivity contribution in [3.05, 3.63) is 76.4 Å². The number of hydrogen-bond donors (Lipinski definition) is 0. The van der Waals surface area contributed by atoms with Crippen LogP contribution in [0.5, 0.6) is 0 Å². The maximum Gasteiger partial charge on any atom is -0.0408 e. The van der Waals surface area contributed by atoms with Crippen LogP contribution in [0.2, 0.25) is 0 Å². The van der Waals surface area contributed by atoms with Crippen molar-refractivity contribution in [2.24, 2.45) is 11.3 Å². The van der Waals surface area contributed by atoms with Crippen molar-refractivity contribution < 1.29 is 24.2 Å². The Kier molecular flexibility index (Phi) is 9.30. The van der Waals surface area contributed by atoms with Crippen LogP contribution in [0.3, 0.4) is 0 Å². The molecule has 0 fully saturated rings. The van der Waals surface area contributed by atoms with Crippen LogP contribution in [-0.2, 0) is 24.2 Å². The van der Waals surface area contributed by atoms with E-state index in [-0.39, 0.29) is 0 Å². The van der Waals surface area contributed by atoms with Crippen molar-refractivity contribution in [3.8, 4) is 0 Å². The first-order chi connectivity index (χ1) is 14.8. The fourth-order valence-electron chi connectivity index (χ4n) is 3.76. The standard InChI is InChI=1S/C17H17.C11H17.C3H6.Zr/c1-10-5-14-9-15-6-11(2)13(4)8-17(15)16(14)7-12(10)3;1-5-9-6-7-10(8-9)11(2,3)4;1-3-2;/h5-9H,1-4H3;7-9H,5H2,1-4H3;1-2H3;/q2*-1;;+2. The van der Waals surface area contributed by atoms with E-state index in [1.165, 1.54) is 59.0 Å². The van der Waals surface area contributed by atoms with E-state index in [0.29, 0.717) is 11.3 Å². The van der Waals surface area contributed by atoms with Gasteiger partial charge in [0, 0.05) is 0 Å². The predicted molar refractivity (Wildman–Crippen MR) is 141 cm³/mol. The molecule has 0 spiro atoms. The maximum absolute atomic E-state index is 3.35. The number of fused-ring (bicyclic) bond motifs is 3. The van der Waals surface area contributed by atoms with Gasteiger partial charge in [-0.05, 0) is 27.7 Å². The summed E-state index contributed by atoms with van der Waals surface area (Å²) in [5.74, 6) is 0.573. The van der Waals surface area contributed by atoms with Gasteiger partial charge in [0.25, 0.3) is 0 Å². The van der Waals surface area contributed by atoms with E-state index in [0.717, 1.165) is 0 Å². The molecular formula is C31H40Zr. The molecule has 3 aromatic carbocycles. The fourth-order valence-corrected chi connectivity index (χ4v) is 3.76. The van der Waals surface area contributed by atoms with E-state index < -0.39 is 0 Å². The van der Waals surface area contributed by atoms with Gasteiger partial charge in [-0.2, -0.15) is 11.6 Å². The summed E-state index contributed by atoms with van der Waals surface area (Å²) in [4.78, 5) is 0. The minimum atomic E-state index is 0.302. The van der Waals surface area contributed by atoms with Gasteiger partial charge in [0.05, 0.1) is 0 Å². The van der Waals surface area contributed by atoms with Crippen LogP contribution in [0.4, 0.5) is 0 Å². The maximum atomic E-state index is 3.35. The van der Waals surface area contributed by atoms with Gasteiger partial charge in [0.1, 0.15) is 0 Å². The summed E-state index contributed by atoms with van der Waals surface area (Å²) >= 11 is 1.55. The summed E-state index contributed by atoms with van der Waals surface area (Å²) in [7, 11) is 0. The van der Waals surface area contributed by atoms with Crippen molar-refractivity contribution in [1.82, 2.24) is 0 Å². The molecule has 32 heavy (non-hydrogen) atoms. The molecule has 1 unspecified atom stereocenters. The third kappa shape index (κ3) is 7.02. The van der Waals surface area contributed by atoms with Crippen LogP contribution >= 0.6 is 0 Å². The Morgan fingerprint density at radius 1 is 0.875 bits per heavy atom. The second kappa shape index (κ2) is 11.1. The summed E-state index contributed by atoms with van der Waals surface area (Å²) < 4.78 is 1.51. The molecule has 1 heteroatoms. The van der Waals surface area contributed by atoms with Gasteiger partial charge in [-0.1, -0.05) is 79.8 Å². The largest absolute Gasteiger partial charge is 0.126 e. The molecule has 4 rings (SSSR count). The van der Waals surface area contributed by atoms with Gasteiger partial charge in [0.2, 0.25) is 0 Å². The van der Waals surface area contributed by atoms with E-state index in [9.17, 15) is 0 Å². The predicted octanol–water partition coefficient (Wildman–Crippen LogP) is 9.05. The van der Waals surface area contributed by atoms with Crippen molar-refractivity contribution >= 4 is 24.8 Å². The summed E-state index contributed by atoms with van der Waals surface area (Å²) in [6.07, 6.45) is 9.00. The van der Waals surface area contributed by atoms with Crippen molar-refractivity contribution in [1.29, 1.82) is 0 Å². The van der Waals surface area contributed by atoms with Crippen LogP contribution < -0.4 is 0 Å². The number of allylic oxidation sites excluding steroid dienone is 4. The molecule has 0 saturated carbocycles. The molecule has 0 heterocycles. The summed E-state index contributed by atoms with van der Waals surface area (Å²) in [5, 5.41) is 5.53. The van der Waals surface area contributed by atoms with Gasteiger partial charge in [-0.15, -0.1) is 39.7 Å². The van der Waals surface area contributed by atoms with Gasteiger partial charge in [0.15, 0.2) is 0 Å². The zero-order chi connectivity index (χ0) is 24.2. The van der Waals surface area contributed by atoms with Crippen LogP contribution in [0.1, 0.15) is 70.2 Å². The Morgan fingerprint density at radius 2 is 1.28 bits per heavy atom. The van der Waals surface area contributed by atoms with E-state index in [1.54, 1.807) is 24.2 Å². The monoisotopic (exact) mass is 502 g/mol. The molecule has 1 aliphatic carbocycles. The molecule has 3 aromatic rings. The molecule has 168 valence electrons. The minimum absolute atomic E-state index is 0.302. The Morgan fingerprint density at radius 3 is 1.59 bits per heavy atom. The van der Waals surface area contributed by atoms with Gasteiger partial charge < -0.3 is 0 Å². The Bertz CT molecular complexity index is 1090. The van der Waals surface area contributed by atoms with Gasteiger partial charge in [-0.3, -0.25) is 6.08 Å². The van der Waals surface area contributed by atoms with Crippen molar-refractivity contribution in [2.75, 3.05) is 0 Å². The normalized spacial score (nSPS) is 15.2. The minimum Gasteiger partial charge on any atom is -0.126 e. The molecule has 1 aliphatic rings. The molecule has 0 aliphatic heterocycles. The van der Waals surface area contributed by atoms with E-state index in [4.69, 9.17) is 0 Å². The van der Waals surface area contributed by atoms with Gasteiger partial charge in [-0.25, -0.2) is 6.08 Å². The second-order valence-corrected chi connectivity index (χ2v) is 12.8. The van der Waals surface area contributed by atoms with E-state index >= 15 is 0 Å². The third-order valence-corrected chi connectivity index (χ3v) is 6.07. The zero-order valence-corrected chi connectivity index (χ0v) is 24.3. The topological polar surface area (TPSA) is 0 Å². The first kappa shape index (κ1) is 26.8. The molecular weight excluding hydrogens is 464 g/mol. The van der Waals surface area contributed by atoms with Crippen LogP contribution in [-0.4, -0.2) is 3.21 Å². The fraction of sp³-hybridized carbons (Fsp3) is 0.419. The van der Waals surface area contributed by atoms with E-state index in [1.807, 2.05) is 0 Å². The number of hydrogen-bond acceptors (Lipinski definition) is 0. The second-order valence-electron chi connectivity index (χ2n) is 10.4. The first-order valence-corrected chi connectivity index (χ1v) is 13.0. The zero-order valence-electron chi connectivity index (χ0n) is 21.8. The van der Waals surface area contributed by atoms with Crippen molar-refractivity contribution in [3.63, 3.8) is 0 Å². The SMILES string of the molecule is CCC1[C-]=CC(C(C)(C)C)=C1.C[C](C)=[Zr+2].Cc1cc2[cH-]c3cc(C)c(C)cc3c2cc1C. The average Bonchev–Trinajstić information content (AvgIpc) is 3.28. The molecule has 0 bridgehead atoms. The van der Waals surface area contributed by atoms with E-state index in [2.05, 4.69) is 118 Å².